The van der Waals surface area contributed by atoms with E-state index in [1.807, 2.05) is 6.07 Å². The van der Waals surface area contributed by atoms with Crippen LogP contribution in [0.3, 0.4) is 0 Å². The number of para-hydroxylation sites is 1. The van der Waals surface area contributed by atoms with Crippen molar-refractivity contribution in [3.05, 3.63) is 40.4 Å². The molecule has 0 unspecified atom stereocenters. The van der Waals surface area contributed by atoms with Crippen LogP contribution in [0.1, 0.15) is 32.0 Å². The third-order valence-corrected chi connectivity index (χ3v) is 2.82. The van der Waals surface area contributed by atoms with Gasteiger partial charge in [0.1, 0.15) is 5.82 Å². The molecule has 90 valence electrons. The molecular weight excluding hydrogens is 216 g/mol. The van der Waals surface area contributed by atoms with E-state index in [-0.39, 0.29) is 5.56 Å². The molecular formula is C13H16N2O2. The first-order valence-electron chi connectivity index (χ1n) is 5.94. The van der Waals surface area contributed by atoms with E-state index in [9.17, 15) is 10.0 Å². The second kappa shape index (κ2) is 4.99. The van der Waals surface area contributed by atoms with E-state index >= 15 is 0 Å². The minimum absolute atomic E-state index is 0.387. The van der Waals surface area contributed by atoms with E-state index in [1.165, 1.54) is 0 Å². The van der Waals surface area contributed by atoms with Crippen molar-refractivity contribution in [3.63, 3.8) is 0 Å². The van der Waals surface area contributed by atoms with Crippen LogP contribution >= 0.6 is 0 Å². The molecule has 1 aromatic heterocycles. The first-order valence-corrected chi connectivity index (χ1v) is 5.94. The molecule has 0 fully saturated rings. The Hall–Kier alpha value is -1.84. The van der Waals surface area contributed by atoms with Crippen LogP contribution in [0.2, 0.25) is 0 Å². The fourth-order valence-electron chi connectivity index (χ4n) is 1.86. The maximum Gasteiger partial charge on any atom is 0.293 e. The SMILES string of the molecule is CCCCCc1nc2ccccc2c(=O)n1O. The Kier molecular flexibility index (Phi) is 3.42. The summed E-state index contributed by atoms with van der Waals surface area (Å²) < 4.78 is 0.679. The Labute approximate surface area is 99.5 Å². The minimum atomic E-state index is -0.387. The van der Waals surface area contributed by atoms with E-state index in [2.05, 4.69) is 11.9 Å². The normalized spacial score (nSPS) is 10.9. The number of nitrogens with zero attached hydrogens (tertiary/aromatic N) is 2. The minimum Gasteiger partial charge on any atom is -0.424 e. The average molecular weight is 232 g/mol. The molecule has 0 radical (unpaired) electrons. The Bertz CT molecular complexity index is 575. The lowest BCUT2D eigenvalue weighted by Crippen LogP contribution is -2.23. The largest absolute Gasteiger partial charge is 0.424 e. The van der Waals surface area contributed by atoms with Crippen molar-refractivity contribution < 1.29 is 5.21 Å². The highest BCUT2D eigenvalue weighted by Crippen LogP contribution is 2.09. The monoisotopic (exact) mass is 232 g/mol. The molecule has 1 aromatic carbocycles. The van der Waals surface area contributed by atoms with Gasteiger partial charge < -0.3 is 5.21 Å². The molecule has 0 amide bonds. The summed E-state index contributed by atoms with van der Waals surface area (Å²) in [6, 6.07) is 7.07. The molecule has 1 heterocycles. The molecule has 2 rings (SSSR count). The van der Waals surface area contributed by atoms with Gasteiger partial charge in [-0.1, -0.05) is 31.9 Å². The van der Waals surface area contributed by atoms with Gasteiger partial charge in [-0.3, -0.25) is 4.79 Å². The molecule has 2 aromatic rings. The maximum absolute atomic E-state index is 11.9. The molecule has 0 aliphatic heterocycles. The number of aromatic nitrogens is 2. The topological polar surface area (TPSA) is 55.1 Å². The first-order chi connectivity index (χ1) is 8.24. The molecule has 0 aliphatic carbocycles. The molecule has 0 saturated heterocycles. The van der Waals surface area contributed by atoms with Crippen LogP contribution in [0.15, 0.2) is 29.1 Å². The van der Waals surface area contributed by atoms with Crippen LogP contribution in [0, 0.1) is 0 Å². The van der Waals surface area contributed by atoms with Crippen molar-refractivity contribution in [2.24, 2.45) is 0 Å². The molecule has 4 nitrogen and oxygen atoms in total. The van der Waals surface area contributed by atoms with Gasteiger partial charge in [0, 0.05) is 6.42 Å². The van der Waals surface area contributed by atoms with Gasteiger partial charge in [-0.2, -0.15) is 0 Å². The van der Waals surface area contributed by atoms with E-state index in [1.54, 1.807) is 18.2 Å². The molecule has 0 saturated carbocycles. The Morgan fingerprint density at radius 1 is 1.29 bits per heavy atom. The summed E-state index contributed by atoms with van der Waals surface area (Å²) in [7, 11) is 0. The van der Waals surface area contributed by atoms with Crippen molar-refractivity contribution in [2.75, 3.05) is 0 Å². The zero-order valence-electron chi connectivity index (χ0n) is 9.89. The summed E-state index contributed by atoms with van der Waals surface area (Å²) in [6.07, 6.45) is 3.73. The van der Waals surface area contributed by atoms with Crippen LogP contribution in [0.4, 0.5) is 0 Å². The molecule has 0 atom stereocenters. The lowest BCUT2D eigenvalue weighted by Gasteiger charge is -2.06. The standard InChI is InChI=1S/C13H16N2O2/c1-2-3-4-9-12-14-11-8-6-5-7-10(11)13(16)15(12)17/h5-8,17H,2-4,9H2,1H3. The zero-order valence-corrected chi connectivity index (χ0v) is 9.89. The second-order valence-corrected chi connectivity index (χ2v) is 4.12. The Balaban J connectivity index is 2.43. The van der Waals surface area contributed by atoms with Crippen molar-refractivity contribution in [1.82, 2.24) is 9.71 Å². The number of fused-ring (bicyclic) bond motifs is 1. The summed E-state index contributed by atoms with van der Waals surface area (Å²) in [4.78, 5) is 16.2. The lowest BCUT2D eigenvalue weighted by atomic mass is 10.2. The van der Waals surface area contributed by atoms with Gasteiger partial charge in [-0.25, -0.2) is 4.98 Å². The lowest BCUT2D eigenvalue weighted by molar-refractivity contribution is 0.162. The zero-order chi connectivity index (χ0) is 12.3. The summed E-state index contributed by atoms with van der Waals surface area (Å²) in [5.74, 6) is 0.446. The van der Waals surface area contributed by atoms with Crippen molar-refractivity contribution in [1.29, 1.82) is 0 Å². The summed E-state index contributed by atoms with van der Waals surface area (Å²) >= 11 is 0. The molecule has 0 aliphatic rings. The van der Waals surface area contributed by atoms with Gasteiger partial charge in [0.25, 0.3) is 5.56 Å². The van der Waals surface area contributed by atoms with Crippen LogP contribution in [0.5, 0.6) is 0 Å². The second-order valence-electron chi connectivity index (χ2n) is 4.12. The molecule has 1 N–H and O–H groups in total. The number of rotatable bonds is 4. The van der Waals surface area contributed by atoms with Crippen LogP contribution in [-0.4, -0.2) is 14.9 Å². The highest BCUT2D eigenvalue weighted by Gasteiger charge is 2.08. The number of hydrogen-bond donors (Lipinski definition) is 1. The maximum atomic E-state index is 11.9. The third-order valence-electron chi connectivity index (χ3n) is 2.82. The van der Waals surface area contributed by atoms with E-state index in [0.29, 0.717) is 27.9 Å². The average Bonchev–Trinajstić information content (AvgIpc) is 2.35. The third kappa shape index (κ3) is 2.30. The van der Waals surface area contributed by atoms with Crippen molar-refractivity contribution in [2.45, 2.75) is 32.6 Å². The fraction of sp³-hybridized carbons (Fsp3) is 0.385. The van der Waals surface area contributed by atoms with E-state index in [0.717, 1.165) is 19.3 Å². The highest BCUT2D eigenvalue weighted by atomic mass is 16.5. The highest BCUT2D eigenvalue weighted by molar-refractivity contribution is 5.77. The number of benzene rings is 1. The number of aryl methyl sites for hydroxylation is 1. The van der Waals surface area contributed by atoms with Gasteiger partial charge in [0.05, 0.1) is 10.9 Å². The predicted molar refractivity (Wildman–Crippen MR) is 66.4 cm³/mol. The van der Waals surface area contributed by atoms with Gasteiger partial charge in [0.2, 0.25) is 0 Å². The fourth-order valence-corrected chi connectivity index (χ4v) is 1.86. The van der Waals surface area contributed by atoms with Gasteiger partial charge in [0.15, 0.2) is 0 Å². The van der Waals surface area contributed by atoms with E-state index < -0.39 is 0 Å². The first kappa shape index (κ1) is 11.6. The Morgan fingerprint density at radius 3 is 2.82 bits per heavy atom. The van der Waals surface area contributed by atoms with Crippen LogP contribution in [-0.2, 0) is 6.42 Å². The van der Waals surface area contributed by atoms with Crippen LogP contribution in [0.25, 0.3) is 10.9 Å². The van der Waals surface area contributed by atoms with Gasteiger partial charge in [-0.05, 0) is 18.6 Å². The number of hydrogen-bond acceptors (Lipinski definition) is 3. The van der Waals surface area contributed by atoms with E-state index in [4.69, 9.17) is 0 Å². The van der Waals surface area contributed by atoms with Crippen molar-refractivity contribution in [3.8, 4) is 0 Å². The molecule has 0 bridgehead atoms. The van der Waals surface area contributed by atoms with Crippen molar-refractivity contribution >= 4 is 10.9 Å². The predicted octanol–water partition coefficient (Wildman–Crippen LogP) is 2.37. The quantitative estimate of drug-likeness (QED) is 0.650. The summed E-state index contributed by atoms with van der Waals surface area (Å²) in [6.45, 7) is 2.11. The smallest absolute Gasteiger partial charge is 0.293 e. The van der Waals surface area contributed by atoms with Gasteiger partial charge in [-0.15, -0.1) is 4.73 Å². The van der Waals surface area contributed by atoms with Gasteiger partial charge >= 0.3 is 0 Å². The molecule has 0 spiro atoms. The Morgan fingerprint density at radius 2 is 2.06 bits per heavy atom. The number of unbranched alkanes of at least 4 members (excludes halogenated alkanes) is 2. The molecule has 17 heavy (non-hydrogen) atoms. The summed E-state index contributed by atoms with van der Waals surface area (Å²) in [5.41, 5.74) is 0.261. The van der Waals surface area contributed by atoms with Crippen LogP contribution < -0.4 is 5.56 Å². The molecule has 4 heteroatoms. The summed E-state index contributed by atoms with van der Waals surface area (Å²) in [5, 5.41) is 10.2.